The molecule has 9 heteroatoms. The Morgan fingerprint density at radius 3 is 2.55 bits per heavy atom. The molecule has 3 heterocycles. The van der Waals surface area contributed by atoms with E-state index in [9.17, 15) is 4.79 Å². The Morgan fingerprint density at radius 2 is 1.79 bits per heavy atom. The van der Waals surface area contributed by atoms with E-state index in [0.29, 0.717) is 33.9 Å². The van der Waals surface area contributed by atoms with Crippen molar-refractivity contribution in [2.24, 2.45) is 0 Å². The number of amides is 1. The first kappa shape index (κ1) is 20.3. The van der Waals surface area contributed by atoms with Gasteiger partial charge in [-0.1, -0.05) is 40.9 Å². The van der Waals surface area contributed by atoms with Gasteiger partial charge in [0.2, 0.25) is 0 Å². The number of hydrogen-bond donors (Lipinski definition) is 0. The highest BCUT2D eigenvalue weighted by Gasteiger charge is 2.22. The van der Waals surface area contributed by atoms with Crippen molar-refractivity contribution in [2.45, 2.75) is 6.54 Å². The van der Waals surface area contributed by atoms with Gasteiger partial charge in [0.25, 0.3) is 5.91 Å². The van der Waals surface area contributed by atoms with Crippen LogP contribution in [0.2, 0.25) is 15.1 Å². The second-order valence-corrected chi connectivity index (χ2v) is 8.06. The predicted octanol–water partition coefficient (Wildman–Crippen LogP) is 4.02. The average molecular weight is 454 g/mol. The Labute approximate surface area is 183 Å². The summed E-state index contributed by atoms with van der Waals surface area (Å²) in [5, 5.41) is 1.00. The minimum Gasteiger partial charge on any atom is -0.482 e. The van der Waals surface area contributed by atoms with E-state index in [1.807, 2.05) is 35.0 Å². The highest BCUT2D eigenvalue weighted by Crippen LogP contribution is 2.33. The monoisotopic (exact) mass is 452 g/mol. The lowest BCUT2D eigenvalue weighted by atomic mass is 10.3. The van der Waals surface area contributed by atoms with Crippen LogP contribution >= 0.6 is 34.8 Å². The van der Waals surface area contributed by atoms with Crippen molar-refractivity contribution >= 4 is 46.4 Å². The maximum atomic E-state index is 12.5. The van der Waals surface area contributed by atoms with E-state index in [4.69, 9.17) is 39.5 Å². The summed E-state index contributed by atoms with van der Waals surface area (Å²) in [5.41, 5.74) is 1.96. The molecule has 1 amide bonds. The van der Waals surface area contributed by atoms with E-state index in [2.05, 4.69) is 9.88 Å². The summed E-state index contributed by atoms with van der Waals surface area (Å²) in [6.45, 7) is 3.53. The first-order valence-electron chi connectivity index (χ1n) is 9.19. The SMILES string of the molecule is O=C(COc1cc(Cl)c(Cl)cc1Cl)N1CCN(Cc2cn3ccccc3n2)CC1. The number of fused-ring (bicyclic) bond motifs is 1. The van der Waals surface area contributed by atoms with Gasteiger partial charge in [0.15, 0.2) is 6.61 Å². The predicted molar refractivity (Wildman–Crippen MR) is 114 cm³/mol. The Balaban J connectivity index is 1.27. The molecular formula is C20H19Cl3N4O2. The number of ether oxygens (including phenoxy) is 1. The molecule has 3 aromatic rings. The fraction of sp³-hybridized carbons (Fsp3) is 0.300. The number of benzene rings is 1. The molecule has 1 fully saturated rings. The molecule has 2 aromatic heterocycles. The molecule has 29 heavy (non-hydrogen) atoms. The van der Waals surface area contributed by atoms with Gasteiger partial charge in [0.05, 0.1) is 20.8 Å². The van der Waals surface area contributed by atoms with Gasteiger partial charge in [0.1, 0.15) is 11.4 Å². The van der Waals surface area contributed by atoms with Crippen molar-refractivity contribution in [3.05, 3.63) is 63.5 Å². The van der Waals surface area contributed by atoms with Gasteiger partial charge in [-0.15, -0.1) is 0 Å². The third kappa shape index (κ3) is 4.78. The summed E-state index contributed by atoms with van der Waals surface area (Å²) in [6, 6.07) is 8.97. The molecule has 0 spiro atoms. The maximum absolute atomic E-state index is 12.5. The highest BCUT2D eigenvalue weighted by atomic mass is 35.5. The quantitative estimate of drug-likeness (QED) is 0.548. The van der Waals surface area contributed by atoms with Crippen molar-refractivity contribution in [3.8, 4) is 5.75 Å². The van der Waals surface area contributed by atoms with Crippen molar-refractivity contribution in [2.75, 3.05) is 32.8 Å². The number of aromatic nitrogens is 2. The average Bonchev–Trinajstić information content (AvgIpc) is 3.12. The second kappa shape index (κ2) is 8.79. The van der Waals surface area contributed by atoms with E-state index in [1.54, 1.807) is 4.90 Å². The summed E-state index contributed by atoms with van der Waals surface area (Å²) in [4.78, 5) is 21.2. The molecule has 1 aliphatic heterocycles. The Kier molecular flexibility index (Phi) is 6.15. The van der Waals surface area contributed by atoms with Gasteiger partial charge in [-0.2, -0.15) is 0 Å². The molecule has 0 saturated carbocycles. The largest absolute Gasteiger partial charge is 0.482 e. The van der Waals surface area contributed by atoms with Crippen molar-refractivity contribution < 1.29 is 9.53 Å². The first-order chi connectivity index (χ1) is 14.0. The summed E-state index contributed by atoms with van der Waals surface area (Å²) in [5.74, 6) is 0.263. The Bertz CT molecular complexity index is 999. The van der Waals surface area contributed by atoms with Crippen LogP contribution in [-0.4, -0.2) is 57.9 Å². The van der Waals surface area contributed by atoms with Crippen LogP contribution in [0.25, 0.3) is 5.65 Å². The number of imidazole rings is 1. The standard InChI is InChI=1S/C20H19Cl3N4O2/c21-15-9-17(23)18(10-16(15)22)29-13-20(28)26-7-5-25(6-8-26)11-14-12-27-4-2-1-3-19(27)24-14/h1-4,9-10,12H,5-8,11,13H2. The van der Waals surface area contributed by atoms with E-state index < -0.39 is 0 Å². The van der Waals surface area contributed by atoms with Crippen LogP contribution in [0.3, 0.4) is 0 Å². The van der Waals surface area contributed by atoms with Crippen LogP contribution < -0.4 is 4.74 Å². The molecule has 1 saturated heterocycles. The zero-order valence-electron chi connectivity index (χ0n) is 15.5. The number of halogens is 3. The van der Waals surface area contributed by atoms with E-state index in [1.165, 1.54) is 12.1 Å². The molecule has 1 aliphatic rings. The third-order valence-electron chi connectivity index (χ3n) is 4.85. The van der Waals surface area contributed by atoms with Crippen LogP contribution in [-0.2, 0) is 11.3 Å². The summed E-state index contributed by atoms with van der Waals surface area (Å²) in [6.07, 6.45) is 4.03. The molecule has 0 unspecified atom stereocenters. The van der Waals surface area contributed by atoms with Crippen LogP contribution in [0.15, 0.2) is 42.7 Å². The fourth-order valence-corrected chi connectivity index (χ4v) is 3.88. The van der Waals surface area contributed by atoms with E-state index >= 15 is 0 Å². The Morgan fingerprint density at radius 1 is 1.03 bits per heavy atom. The molecule has 0 aliphatic carbocycles. The summed E-state index contributed by atoms with van der Waals surface area (Å²) < 4.78 is 7.57. The minimum atomic E-state index is -0.0931. The third-order valence-corrected chi connectivity index (χ3v) is 5.87. The highest BCUT2D eigenvalue weighted by molar-refractivity contribution is 6.43. The van der Waals surface area contributed by atoms with Gasteiger partial charge in [-0.25, -0.2) is 4.98 Å². The van der Waals surface area contributed by atoms with Crippen molar-refractivity contribution in [1.29, 1.82) is 0 Å². The molecular weight excluding hydrogens is 435 g/mol. The summed E-state index contributed by atoms with van der Waals surface area (Å²) >= 11 is 18.0. The van der Waals surface area contributed by atoms with Gasteiger partial charge >= 0.3 is 0 Å². The van der Waals surface area contributed by atoms with E-state index in [0.717, 1.165) is 31.0 Å². The zero-order valence-corrected chi connectivity index (χ0v) is 17.8. The first-order valence-corrected chi connectivity index (χ1v) is 10.3. The molecule has 4 rings (SSSR count). The molecule has 1 aromatic carbocycles. The topological polar surface area (TPSA) is 50.1 Å². The lowest BCUT2D eigenvalue weighted by Gasteiger charge is -2.34. The van der Waals surface area contributed by atoms with Crippen molar-refractivity contribution in [3.63, 3.8) is 0 Å². The van der Waals surface area contributed by atoms with Crippen LogP contribution in [0, 0.1) is 0 Å². The second-order valence-electron chi connectivity index (χ2n) is 6.84. The number of pyridine rings is 1. The number of hydrogen-bond acceptors (Lipinski definition) is 4. The van der Waals surface area contributed by atoms with Crippen LogP contribution in [0.1, 0.15) is 5.69 Å². The molecule has 152 valence electrons. The number of carbonyl (C=O) groups is 1. The zero-order chi connectivity index (χ0) is 20.4. The molecule has 0 bridgehead atoms. The van der Waals surface area contributed by atoms with Crippen LogP contribution in [0.5, 0.6) is 5.75 Å². The van der Waals surface area contributed by atoms with Gasteiger partial charge < -0.3 is 14.0 Å². The minimum absolute atomic E-state index is 0.0838. The number of rotatable bonds is 5. The van der Waals surface area contributed by atoms with Gasteiger partial charge in [-0.05, 0) is 18.2 Å². The number of piperazine rings is 1. The smallest absolute Gasteiger partial charge is 0.260 e. The Hall–Kier alpha value is -1.99. The lowest BCUT2D eigenvalue weighted by Crippen LogP contribution is -2.49. The van der Waals surface area contributed by atoms with E-state index in [-0.39, 0.29) is 12.5 Å². The normalized spacial score (nSPS) is 15.1. The molecule has 0 atom stereocenters. The fourth-order valence-electron chi connectivity index (χ4n) is 3.29. The molecule has 6 nitrogen and oxygen atoms in total. The summed E-state index contributed by atoms with van der Waals surface area (Å²) in [7, 11) is 0. The number of carbonyl (C=O) groups excluding carboxylic acids is 1. The molecule has 0 N–H and O–H groups in total. The molecule has 0 radical (unpaired) electrons. The maximum Gasteiger partial charge on any atom is 0.260 e. The number of nitrogens with zero attached hydrogens (tertiary/aromatic N) is 4. The van der Waals surface area contributed by atoms with Crippen LogP contribution in [0.4, 0.5) is 0 Å². The lowest BCUT2D eigenvalue weighted by molar-refractivity contribution is -0.135. The van der Waals surface area contributed by atoms with Gasteiger partial charge in [-0.3, -0.25) is 9.69 Å². The van der Waals surface area contributed by atoms with Crippen molar-refractivity contribution in [1.82, 2.24) is 19.2 Å². The van der Waals surface area contributed by atoms with Gasteiger partial charge in [0, 0.05) is 51.2 Å².